The number of halogens is 1. The van der Waals surface area contributed by atoms with Crippen LogP contribution in [0.3, 0.4) is 0 Å². The van der Waals surface area contributed by atoms with Crippen LogP contribution in [0.2, 0.25) is 0 Å². The van der Waals surface area contributed by atoms with Gasteiger partial charge in [0.15, 0.2) is 11.6 Å². The smallest absolute Gasteiger partial charge is 0.247 e. The number of hydrogen-bond acceptors (Lipinski definition) is 4. The fraction of sp³-hybridized carbons (Fsp3) is 0.235. The summed E-state index contributed by atoms with van der Waals surface area (Å²) >= 11 is 0. The molecule has 5 nitrogen and oxygen atoms in total. The molecule has 2 aromatic rings. The van der Waals surface area contributed by atoms with Gasteiger partial charge in [-0.05, 0) is 24.3 Å². The van der Waals surface area contributed by atoms with Crippen molar-refractivity contribution in [2.24, 2.45) is 0 Å². The first kappa shape index (κ1) is 15.0. The zero-order valence-electron chi connectivity index (χ0n) is 12.9. The van der Waals surface area contributed by atoms with Crippen LogP contribution in [-0.4, -0.2) is 34.1 Å². The van der Waals surface area contributed by atoms with Gasteiger partial charge in [-0.1, -0.05) is 11.5 Å². The fourth-order valence-electron chi connectivity index (χ4n) is 3.25. The summed E-state index contributed by atoms with van der Waals surface area (Å²) in [6.45, 7) is 0.0835. The standard InChI is InChI=1S/C17H13BFNO4/c1-22-10-2-3-14-11(6-10)17(8-23-7-15(21)20-17)12-4-9(18)5-13(19)16(12)24-14/h2-6H,7-8H2,1H3,(H,20,21)/t17-/m0/s1. The molecule has 120 valence electrons. The molecule has 0 bridgehead atoms. The molecule has 1 N–H and O–H groups in total. The minimum absolute atomic E-state index is 0.0349. The minimum atomic E-state index is -1.08. The maximum atomic E-state index is 14.4. The Balaban J connectivity index is 2.02. The zero-order valence-corrected chi connectivity index (χ0v) is 12.9. The number of rotatable bonds is 1. The second-order valence-electron chi connectivity index (χ2n) is 5.79. The van der Waals surface area contributed by atoms with Gasteiger partial charge in [0.2, 0.25) is 5.91 Å². The van der Waals surface area contributed by atoms with Crippen LogP contribution >= 0.6 is 0 Å². The molecule has 0 aliphatic carbocycles. The van der Waals surface area contributed by atoms with E-state index < -0.39 is 11.4 Å². The number of carbonyl (C=O) groups excluding carboxylic acids is 1. The largest absolute Gasteiger partial charge is 0.497 e. The maximum Gasteiger partial charge on any atom is 0.247 e. The SMILES string of the molecule is [B]c1cc(F)c2c(c1)[C@]1(COCC(=O)N1)c1cc(OC)ccc1O2. The van der Waals surface area contributed by atoms with E-state index in [2.05, 4.69) is 5.32 Å². The molecular weight excluding hydrogens is 312 g/mol. The lowest BCUT2D eigenvalue weighted by Gasteiger charge is -2.43. The van der Waals surface area contributed by atoms with Crippen molar-refractivity contribution in [1.29, 1.82) is 0 Å². The summed E-state index contributed by atoms with van der Waals surface area (Å²) in [4.78, 5) is 12.0. The van der Waals surface area contributed by atoms with E-state index in [0.29, 0.717) is 22.6 Å². The molecule has 1 spiro atoms. The Morgan fingerprint density at radius 1 is 1.29 bits per heavy atom. The summed E-state index contributed by atoms with van der Waals surface area (Å²) in [6.07, 6.45) is 0. The van der Waals surface area contributed by atoms with Gasteiger partial charge >= 0.3 is 0 Å². The Morgan fingerprint density at radius 3 is 2.88 bits per heavy atom. The number of benzene rings is 2. The number of nitrogens with one attached hydrogen (secondary N) is 1. The monoisotopic (exact) mass is 325 g/mol. The van der Waals surface area contributed by atoms with E-state index in [1.54, 1.807) is 31.4 Å². The second kappa shape index (κ2) is 5.24. The van der Waals surface area contributed by atoms with Gasteiger partial charge in [0, 0.05) is 11.1 Å². The van der Waals surface area contributed by atoms with E-state index in [1.807, 2.05) is 0 Å². The van der Waals surface area contributed by atoms with Crippen molar-refractivity contribution in [2.75, 3.05) is 20.3 Å². The van der Waals surface area contributed by atoms with Gasteiger partial charge in [0.1, 0.15) is 31.5 Å². The number of hydrogen-bond donors (Lipinski definition) is 1. The van der Waals surface area contributed by atoms with Crippen molar-refractivity contribution in [2.45, 2.75) is 5.54 Å². The average molecular weight is 325 g/mol. The van der Waals surface area contributed by atoms with Crippen molar-refractivity contribution < 1.29 is 23.4 Å². The summed E-state index contributed by atoms with van der Waals surface area (Å²) in [5, 5.41) is 2.93. The number of ether oxygens (including phenoxy) is 3. The molecule has 4 rings (SSSR count). The van der Waals surface area contributed by atoms with Gasteiger partial charge in [-0.15, -0.1) is 0 Å². The van der Waals surface area contributed by atoms with Crippen LogP contribution in [0.25, 0.3) is 0 Å². The zero-order chi connectivity index (χ0) is 16.9. The topological polar surface area (TPSA) is 56.8 Å². The van der Waals surface area contributed by atoms with E-state index in [9.17, 15) is 9.18 Å². The molecule has 2 heterocycles. The summed E-state index contributed by atoms with van der Waals surface area (Å²) in [5.41, 5.74) is 0.213. The lowest BCUT2D eigenvalue weighted by Crippen LogP contribution is -2.56. The Labute approximate surface area is 139 Å². The molecule has 2 radical (unpaired) electrons. The Hall–Kier alpha value is -2.54. The van der Waals surface area contributed by atoms with Crippen LogP contribution in [0.1, 0.15) is 11.1 Å². The molecule has 1 saturated heterocycles. The number of morpholine rings is 1. The normalized spacial score (nSPS) is 21.5. The molecule has 0 saturated carbocycles. The maximum absolute atomic E-state index is 14.4. The van der Waals surface area contributed by atoms with Gasteiger partial charge < -0.3 is 19.5 Å². The molecule has 1 atom stereocenters. The molecule has 1 fully saturated rings. The van der Waals surface area contributed by atoms with E-state index in [-0.39, 0.29) is 30.3 Å². The molecule has 0 aromatic heterocycles. The molecule has 2 aliphatic rings. The summed E-state index contributed by atoms with van der Waals surface area (Å²) in [6, 6.07) is 7.91. The molecule has 2 aliphatic heterocycles. The van der Waals surface area contributed by atoms with Crippen LogP contribution in [0, 0.1) is 5.82 Å². The van der Waals surface area contributed by atoms with Crippen LogP contribution < -0.4 is 20.3 Å². The van der Waals surface area contributed by atoms with E-state index >= 15 is 0 Å². The third-order valence-electron chi connectivity index (χ3n) is 4.29. The molecule has 0 unspecified atom stereocenters. The third kappa shape index (κ3) is 2.08. The Kier molecular flexibility index (Phi) is 3.28. The van der Waals surface area contributed by atoms with Gasteiger partial charge in [-0.3, -0.25) is 4.79 Å². The molecule has 24 heavy (non-hydrogen) atoms. The quantitative estimate of drug-likeness (QED) is 0.799. The number of amides is 1. The first-order chi connectivity index (χ1) is 11.5. The van der Waals surface area contributed by atoms with Crippen molar-refractivity contribution in [3.05, 3.63) is 47.3 Å². The highest BCUT2D eigenvalue weighted by Gasteiger charge is 2.47. The number of methoxy groups -OCH3 is 1. The summed E-state index contributed by atoms with van der Waals surface area (Å²) in [7, 11) is 7.35. The lowest BCUT2D eigenvalue weighted by atomic mass is 9.77. The number of fused-ring (bicyclic) bond motifs is 4. The van der Waals surface area contributed by atoms with Gasteiger partial charge in [-0.2, -0.15) is 0 Å². The lowest BCUT2D eigenvalue weighted by molar-refractivity contribution is -0.134. The van der Waals surface area contributed by atoms with Crippen LogP contribution in [0.4, 0.5) is 4.39 Å². The summed E-state index contributed by atoms with van der Waals surface area (Å²) < 4.78 is 30.9. The fourth-order valence-corrected chi connectivity index (χ4v) is 3.25. The van der Waals surface area contributed by atoms with Crippen LogP contribution in [0.15, 0.2) is 30.3 Å². The Morgan fingerprint density at radius 2 is 2.12 bits per heavy atom. The van der Waals surface area contributed by atoms with Crippen LogP contribution in [0.5, 0.6) is 17.2 Å². The highest BCUT2D eigenvalue weighted by Crippen LogP contribution is 2.49. The van der Waals surface area contributed by atoms with Crippen molar-refractivity contribution in [1.82, 2.24) is 5.32 Å². The van der Waals surface area contributed by atoms with E-state index in [4.69, 9.17) is 22.1 Å². The first-order valence-corrected chi connectivity index (χ1v) is 7.38. The van der Waals surface area contributed by atoms with Gasteiger partial charge in [0.05, 0.1) is 13.7 Å². The third-order valence-corrected chi connectivity index (χ3v) is 4.29. The van der Waals surface area contributed by atoms with Crippen molar-refractivity contribution >= 4 is 19.2 Å². The first-order valence-electron chi connectivity index (χ1n) is 7.38. The van der Waals surface area contributed by atoms with Crippen LogP contribution in [-0.2, 0) is 15.1 Å². The Bertz CT molecular complexity index is 857. The second-order valence-corrected chi connectivity index (χ2v) is 5.79. The predicted octanol–water partition coefficient (Wildman–Crippen LogP) is 1.12. The van der Waals surface area contributed by atoms with E-state index in [0.717, 1.165) is 0 Å². The van der Waals surface area contributed by atoms with Crippen molar-refractivity contribution in [3.63, 3.8) is 0 Å². The molecule has 7 heteroatoms. The van der Waals surface area contributed by atoms with Gasteiger partial charge in [-0.25, -0.2) is 4.39 Å². The average Bonchev–Trinajstić information content (AvgIpc) is 2.56. The molecule has 1 amide bonds. The highest BCUT2D eigenvalue weighted by molar-refractivity contribution is 6.32. The summed E-state index contributed by atoms with van der Waals surface area (Å²) in [5.74, 6) is 0.158. The van der Waals surface area contributed by atoms with Gasteiger partial charge in [0.25, 0.3) is 0 Å². The molecular formula is C17H13BFNO4. The minimum Gasteiger partial charge on any atom is -0.497 e. The predicted molar refractivity (Wildman–Crippen MR) is 84.6 cm³/mol. The van der Waals surface area contributed by atoms with E-state index in [1.165, 1.54) is 6.07 Å². The van der Waals surface area contributed by atoms with Crippen molar-refractivity contribution in [3.8, 4) is 17.2 Å². The highest BCUT2D eigenvalue weighted by atomic mass is 19.1. The number of carbonyl (C=O) groups is 1. The molecule has 2 aromatic carbocycles.